The molecule has 0 radical (unpaired) electrons. The molecule has 0 saturated carbocycles. The third kappa shape index (κ3) is 4.38. The summed E-state index contributed by atoms with van der Waals surface area (Å²) in [5.41, 5.74) is 1.78. The topological polar surface area (TPSA) is 53.4 Å². The highest BCUT2D eigenvalue weighted by Gasteiger charge is 2.14. The van der Waals surface area contributed by atoms with Gasteiger partial charge in [0.25, 0.3) is 0 Å². The number of thioether (sulfide) groups is 1. The third-order valence-corrected chi connectivity index (χ3v) is 4.07. The lowest BCUT2D eigenvalue weighted by Crippen LogP contribution is -2.14. The van der Waals surface area contributed by atoms with E-state index < -0.39 is 0 Å². The minimum atomic E-state index is -0.247. The van der Waals surface area contributed by atoms with Gasteiger partial charge >= 0.3 is 5.97 Å². The minimum absolute atomic E-state index is 0.112. The molecule has 0 fully saturated rings. The Labute approximate surface area is 138 Å². The van der Waals surface area contributed by atoms with E-state index in [1.54, 1.807) is 7.11 Å². The minimum Gasteiger partial charge on any atom is -0.462 e. The standard InChI is InChI=1S/C15H19ClN2O3S/c1-10(2)21-14(19)9-22-15-17-12-8-11(16)4-5-13(12)18(15)6-7-20-3/h4-5,8,10H,6-7,9H2,1-3H3. The molecule has 7 heteroatoms. The van der Waals surface area contributed by atoms with Crippen molar-refractivity contribution in [2.45, 2.75) is 31.7 Å². The normalized spacial score (nSPS) is 11.3. The van der Waals surface area contributed by atoms with Crippen LogP contribution >= 0.6 is 23.4 Å². The fourth-order valence-electron chi connectivity index (χ4n) is 2.01. The van der Waals surface area contributed by atoms with Crippen molar-refractivity contribution in [3.8, 4) is 0 Å². The number of ether oxygens (including phenoxy) is 2. The van der Waals surface area contributed by atoms with Crippen LogP contribution in [0.1, 0.15) is 13.8 Å². The van der Waals surface area contributed by atoms with Gasteiger partial charge in [-0.3, -0.25) is 4.79 Å². The Morgan fingerprint density at radius 3 is 2.91 bits per heavy atom. The first kappa shape index (κ1) is 17.1. The Hall–Kier alpha value is -1.24. The van der Waals surface area contributed by atoms with Crippen molar-refractivity contribution in [1.82, 2.24) is 9.55 Å². The van der Waals surface area contributed by atoms with E-state index in [-0.39, 0.29) is 17.8 Å². The van der Waals surface area contributed by atoms with Gasteiger partial charge in [0.15, 0.2) is 5.16 Å². The van der Waals surface area contributed by atoms with Crippen LogP contribution in [0.3, 0.4) is 0 Å². The molecule has 2 rings (SSSR count). The number of hydrogen-bond donors (Lipinski definition) is 0. The molecule has 120 valence electrons. The fraction of sp³-hybridized carbons (Fsp3) is 0.467. The summed E-state index contributed by atoms with van der Waals surface area (Å²) in [6, 6.07) is 5.57. The van der Waals surface area contributed by atoms with Gasteiger partial charge in [0.2, 0.25) is 0 Å². The second kappa shape index (κ2) is 7.85. The molecule has 0 N–H and O–H groups in total. The summed E-state index contributed by atoms with van der Waals surface area (Å²) >= 11 is 7.37. The lowest BCUT2D eigenvalue weighted by Gasteiger charge is -2.09. The van der Waals surface area contributed by atoms with Crippen molar-refractivity contribution >= 4 is 40.4 Å². The summed E-state index contributed by atoms with van der Waals surface area (Å²) in [5.74, 6) is -0.0224. The second-order valence-corrected chi connectivity index (χ2v) is 6.38. The Bertz CT molecular complexity index is 658. The number of carbonyl (C=O) groups is 1. The van der Waals surface area contributed by atoms with Crippen LogP contribution in [0.15, 0.2) is 23.4 Å². The lowest BCUT2D eigenvalue weighted by atomic mass is 10.3. The van der Waals surface area contributed by atoms with Gasteiger partial charge in [0.1, 0.15) is 0 Å². The maximum atomic E-state index is 11.7. The van der Waals surface area contributed by atoms with E-state index in [4.69, 9.17) is 21.1 Å². The van der Waals surface area contributed by atoms with Crippen LogP contribution in [-0.2, 0) is 20.8 Å². The van der Waals surface area contributed by atoms with Crippen molar-refractivity contribution < 1.29 is 14.3 Å². The van der Waals surface area contributed by atoms with Crippen LogP contribution < -0.4 is 0 Å². The number of esters is 1. The Morgan fingerprint density at radius 2 is 2.23 bits per heavy atom. The number of fused-ring (bicyclic) bond motifs is 1. The van der Waals surface area contributed by atoms with Gasteiger partial charge < -0.3 is 14.0 Å². The molecule has 0 spiro atoms. The first-order valence-corrected chi connectivity index (χ1v) is 8.34. The molecule has 22 heavy (non-hydrogen) atoms. The molecule has 0 unspecified atom stereocenters. The quantitative estimate of drug-likeness (QED) is 0.570. The zero-order valence-corrected chi connectivity index (χ0v) is 14.4. The van der Waals surface area contributed by atoms with Gasteiger partial charge in [-0.25, -0.2) is 4.98 Å². The van der Waals surface area contributed by atoms with E-state index in [1.807, 2.05) is 36.6 Å². The molecule has 0 aliphatic heterocycles. The number of carbonyl (C=O) groups excluding carboxylic acids is 1. The molecule has 1 heterocycles. The number of methoxy groups -OCH3 is 1. The van der Waals surface area contributed by atoms with Gasteiger partial charge in [-0.05, 0) is 32.0 Å². The summed E-state index contributed by atoms with van der Waals surface area (Å²) in [5, 5.41) is 1.40. The molecule has 1 aromatic carbocycles. The number of rotatable bonds is 7. The van der Waals surface area contributed by atoms with Crippen molar-refractivity contribution in [3.05, 3.63) is 23.2 Å². The molecule has 0 bridgehead atoms. The predicted molar refractivity (Wildman–Crippen MR) is 88.6 cm³/mol. The highest BCUT2D eigenvalue weighted by atomic mass is 35.5. The highest BCUT2D eigenvalue weighted by Crippen LogP contribution is 2.26. The van der Waals surface area contributed by atoms with E-state index >= 15 is 0 Å². The first-order valence-electron chi connectivity index (χ1n) is 6.98. The molecule has 2 aromatic rings. The maximum absolute atomic E-state index is 11.7. The zero-order valence-electron chi connectivity index (χ0n) is 12.8. The summed E-state index contributed by atoms with van der Waals surface area (Å²) in [6.45, 7) is 4.89. The summed E-state index contributed by atoms with van der Waals surface area (Å²) < 4.78 is 12.3. The van der Waals surface area contributed by atoms with Crippen molar-refractivity contribution in [3.63, 3.8) is 0 Å². The summed E-state index contributed by atoms with van der Waals surface area (Å²) in [4.78, 5) is 16.3. The van der Waals surface area contributed by atoms with Gasteiger partial charge in [-0.2, -0.15) is 0 Å². The van der Waals surface area contributed by atoms with Crippen LogP contribution in [0.5, 0.6) is 0 Å². The van der Waals surface area contributed by atoms with Gasteiger partial charge in [0.05, 0.1) is 29.5 Å². The highest BCUT2D eigenvalue weighted by molar-refractivity contribution is 7.99. The molecule has 0 amide bonds. The number of imidazole rings is 1. The fourth-order valence-corrected chi connectivity index (χ4v) is 3.00. The largest absolute Gasteiger partial charge is 0.462 e. The second-order valence-electron chi connectivity index (χ2n) is 5.00. The Morgan fingerprint density at radius 1 is 1.45 bits per heavy atom. The molecular formula is C15H19ClN2O3S. The van der Waals surface area contributed by atoms with E-state index in [0.717, 1.165) is 16.2 Å². The molecular weight excluding hydrogens is 324 g/mol. The number of nitrogens with zero attached hydrogens (tertiary/aromatic N) is 2. The summed E-state index contributed by atoms with van der Waals surface area (Å²) in [6.07, 6.45) is -0.112. The number of halogens is 1. The lowest BCUT2D eigenvalue weighted by molar-refractivity contribution is -0.144. The molecule has 5 nitrogen and oxygen atoms in total. The van der Waals surface area contributed by atoms with E-state index in [1.165, 1.54) is 11.8 Å². The molecule has 0 saturated heterocycles. The average molecular weight is 343 g/mol. The van der Waals surface area contributed by atoms with Gasteiger partial charge in [0, 0.05) is 18.7 Å². The smallest absolute Gasteiger partial charge is 0.316 e. The van der Waals surface area contributed by atoms with Crippen molar-refractivity contribution in [1.29, 1.82) is 0 Å². The Balaban J connectivity index is 2.21. The average Bonchev–Trinajstić information content (AvgIpc) is 2.78. The Kier molecular flexibility index (Phi) is 6.11. The molecule has 0 aliphatic rings. The van der Waals surface area contributed by atoms with E-state index in [0.29, 0.717) is 18.2 Å². The van der Waals surface area contributed by atoms with Crippen molar-refractivity contribution in [2.75, 3.05) is 19.5 Å². The van der Waals surface area contributed by atoms with Gasteiger partial charge in [-0.15, -0.1) is 0 Å². The number of aromatic nitrogens is 2. The maximum Gasteiger partial charge on any atom is 0.316 e. The monoisotopic (exact) mass is 342 g/mol. The summed E-state index contributed by atoms with van der Waals surface area (Å²) in [7, 11) is 1.66. The zero-order chi connectivity index (χ0) is 16.1. The van der Waals surface area contributed by atoms with Crippen molar-refractivity contribution in [2.24, 2.45) is 0 Å². The van der Waals surface area contributed by atoms with Gasteiger partial charge in [-0.1, -0.05) is 23.4 Å². The van der Waals surface area contributed by atoms with Crippen LogP contribution in [0.2, 0.25) is 5.02 Å². The first-order chi connectivity index (χ1) is 10.5. The molecule has 1 aromatic heterocycles. The molecule has 0 aliphatic carbocycles. The van der Waals surface area contributed by atoms with Crippen LogP contribution in [0.25, 0.3) is 11.0 Å². The number of benzene rings is 1. The van der Waals surface area contributed by atoms with E-state index in [9.17, 15) is 4.79 Å². The van der Waals surface area contributed by atoms with E-state index in [2.05, 4.69) is 4.98 Å². The van der Waals surface area contributed by atoms with Crippen LogP contribution in [0, 0.1) is 0 Å². The number of hydrogen-bond acceptors (Lipinski definition) is 5. The van der Waals surface area contributed by atoms with Crippen LogP contribution in [0.4, 0.5) is 0 Å². The predicted octanol–water partition coefficient (Wildman–Crippen LogP) is 3.38. The molecule has 0 atom stereocenters. The third-order valence-electron chi connectivity index (χ3n) is 2.88. The van der Waals surface area contributed by atoms with Crippen LogP contribution in [-0.4, -0.2) is 41.1 Å². The SMILES string of the molecule is COCCn1c(SCC(=O)OC(C)C)nc2cc(Cl)ccc21.